The molecule has 0 fully saturated rings. The van der Waals surface area contributed by atoms with E-state index in [-0.39, 0.29) is 5.91 Å². The molecule has 1 heterocycles. The summed E-state index contributed by atoms with van der Waals surface area (Å²) in [5.41, 5.74) is 6.49. The van der Waals surface area contributed by atoms with E-state index in [1.807, 2.05) is 6.92 Å². The molecule has 0 radical (unpaired) electrons. The van der Waals surface area contributed by atoms with Crippen molar-refractivity contribution in [2.24, 2.45) is 0 Å². The van der Waals surface area contributed by atoms with Gasteiger partial charge in [0.1, 0.15) is 0 Å². The molecule has 0 unspecified atom stereocenters. The maximum absolute atomic E-state index is 11.3. The first-order chi connectivity index (χ1) is 6.24. The Morgan fingerprint density at radius 2 is 2.38 bits per heavy atom. The molecule has 0 spiro atoms. The van der Waals surface area contributed by atoms with E-state index >= 15 is 0 Å². The van der Waals surface area contributed by atoms with E-state index in [0.717, 1.165) is 6.42 Å². The minimum Gasteiger partial charge on any atom is -0.397 e. The van der Waals surface area contributed by atoms with Crippen LogP contribution in [0.5, 0.6) is 0 Å². The molecule has 1 aromatic rings. The molecule has 0 aromatic carbocycles. The first-order valence-electron chi connectivity index (χ1n) is 4.22. The number of hydrogen-bond donors (Lipinski definition) is 2. The van der Waals surface area contributed by atoms with Crippen molar-refractivity contribution in [1.29, 1.82) is 0 Å². The Kier molecular flexibility index (Phi) is 3.25. The zero-order chi connectivity index (χ0) is 9.68. The Morgan fingerprint density at radius 3 is 3.00 bits per heavy atom. The number of carbonyl (C=O) groups excluding carboxylic acids is 1. The highest BCUT2D eigenvalue weighted by Gasteiger charge is 2.03. The number of aromatic nitrogens is 1. The molecule has 13 heavy (non-hydrogen) atoms. The van der Waals surface area contributed by atoms with E-state index in [9.17, 15) is 4.79 Å². The van der Waals surface area contributed by atoms with Crippen molar-refractivity contribution in [3.8, 4) is 0 Å². The lowest BCUT2D eigenvalue weighted by Crippen LogP contribution is -2.24. The number of hydrogen-bond acceptors (Lipinski definition) is 3. The summed E-state index contributed by atoms with van der Waals surface area (Å²) in [6.07, 6.45) is 3.93. The van der Waals surface area contributed by atoms with Gasteiger partial charge in [0, 0.05) is 18.9 Å². The minimum atomic E-state index is -0.123. The van der Waals surface area contributed by atoms with Gasteiger partial charge in [0.25, 0.3) is 5.91 Å². The lowest BCUT2D eigenvalue weighted by molar-refractivity contribution is 0.0953. The fraction of sp³-hybridized carbons (Fsp3) is 0.333. The molecule has 0 bridgehead atoms. The zero-order valence-corrected chi connectivity index (χ0v) is 7.58. The van der Waals surface area contributed by atoms with E-state index in [4.69, 9.17) is 5.73 Å². The molecule has 0 saturated carbocycles. The monoisotopic (exact) mass is 179 g/mol. The molecule has 3 N–H and O–H groups in total. The van der Waals surface area contributed by atoms with E-state index in [0.29, 0.717) is 17.8 Å². The van der Waals surface area contributed by atoms with Crippen molar-refractivity contribution in [1.82, 2.24) is 10.3 Å². The highest BCUT2D eigenvalue weighted by molar-refractivity contribution is 5.94. The van der Waals surface area contributed by atoms with Gasteiger partial charge in [-0.05, 0) is 12.5 Å². The van der Waals surface area contributed by atoms with Gasteiger partial charge in [0.15, 0.2) is 0 Å². The molecule has 70 valence electrons. The number of carbonyl (C=O) groups is 1. The lowest BCUT2D eigenvalue weighted by atomic mass is 10.2. The Labute approximate surface area is 77.2 Å². The van der Waals surface area contributed by atoms with Crippen LogP contribution in [0.3, 0.4) is 0 Å². The molecule has 1 aromatic heterocycles. The highest BCUT2D eigenvalue weighted by atomic mass is 16.1. The van der Waals surface area contributed by atoms with Crippen LogP contribution in [0.25, 0.3) is 0 Å². The highest BCUT2D eigenvalue weighted by Crippen LogP contribution is 2.03. The number of rotatable bonds is 3. The lowest BCUT2D eigenvalue weighted by Gasteiger charge is -2.02. The van der Waals surface area contributed by atoms with Gasteiger partial charge in [-0.3, -0.25) is 9.78 Å². The molecule has 1 rings (SSSR count). The van der Waals surface area contributed by atoms with Crippen molar-refractivity contribution in [3.05, 3.63) is 24.0 Å². The van der Waals surface area contributed by atoms with Crippen LogP contribution in [0.2, 0.25) is 0 Å². The van der Waals surface area contributed by atoms with Gasteiger partial charge in [-0.1, -0.05) is 6.92 Å². The minimum absolute atomic E-state index is 0.123. The van der Waals surface area contributed by atoms with Crippen LogP contribution in [0.15, 0.2) is 18.5 Å². The van der Waals surface area contributed by atoms with Crippen LogP contribution in [-0.2, 0) is 0 Å². The average Bonchev–Trinajstić information content (AvgIpc) is 2.14. The van der Waals surface area contributed by atoms with Crippen LogP contribution < -0.4 is 11.1 Å². The molecule has 0 atom stereocenters. The Bertz CT molecular complexity index is 299. The van der Waals surface area contributed by atoms with Crippen LogP contribution in [-0.4, -0.2) is 17.4 Å². The topological polar surface area (TPSA) is 68.0 Å². The second kappa shape index (κ2) is 4.45. The molecule has 0 aliphatic rings. The molecule has 4 nitrogen and oxygen atoms in total. The van der Waals surface area contributed by atoms with Gasteiger partial charge in [-0.15, -0.1) is 0 Å². The van der Waals surface area contributed by atoms with Crippen LogP contribution in [0.1, 0.15) is 23.7 Å². The van der Waals surface area contributed by atoms with Gasteiger partial charge in [0.2, 0.25) is 0 Å². The SMILES string of the molecule is CCCNC(=O)c1cncc(N)c1. The molecule has 1 amide bonds. The van der Waals surface area contributed by atoms with Crippen LogP contribution >= 0.6 is 0 Å². The predicted molar refractivity (Wildman–Crippen MR) is 51.3 cm³/mol. The predicted octanol–water partition coefficient (Wildman–Crippen LogP) is 0.804. The van der Waals surface area contributed by atoms with Gasteiger partial charge in [-0.2, -0.15) is 0 Å². The maximum atomic E-state index is 11.3. The van der Waals surface area contributed by atoms with Crippen LogP contribution in [0.4, 0.5) is 5.69 Å². The van der Waals surface area contributed by atoms with Crippen molar-refractivity contribution >= 4 is 11.6 Å². The summed E-state index contributed by atoms with van der Waals surface area (Å²) in [5.74, 6) is -0.123. The van der Waals surface area contributed by atoms with Crippen molar-refractivity contribution in [2.75, 3.05) is 12.3 Å². The number of anilines is 1. The fourth-order valence-corrected chi connectivity index (χ4v) is 0.922. The van der Waals surface area contributed by atoms with Gasteiger partial charge in [0.05, 0.1) is 11.3 Å². The standard InChI is InChI=1S/C9H13N3O/c1-2-3-12-9(13)7-4-8(10)6-11-5-7/h4-6H,2-3,10H2,1H3,(H,12,13). The number of nitrogens with one attached hydrogen (secondary N) is 1. The summed E-state index contributed by atoms with van der Waals surface area (Å²) in [5, 5.41) is 2.74. The van der Waals surface area contributed by atoms with Gasteiger partial charge < -0.3 is 11.1 Å². The summed E-state index contributed by atoms with van der Waals surface area (Å²) in [6.45, 7) is 2.67. The second-order valence-electron chi connectivity index (χ2n) is 2.76. The third kappa shape index (κ3) is 2.74. The summed E-state index contributed by atoms with van der Waals surface area (Å²) < 4.78 is 0. The summed E-state index contributed by atoms with van der Waals surface area (Å²) >= 11 is 0. The number of nitrogen functional groups attached to an aromatic ring is 1. The number of pyridine rings is 1. The summed E-state index contributed by atoms with van der Waals surface area (Å²) in [4.78, 5) is 15.2. The smallest absolute Gasteiger partial charge is 0.252 e. The first-order valence-corrected chi connectivity index (χ1v) is 4.22. The average molecular weight is 179 g/mol. The number of nitrogens with zero attached hydrogens (tertiary/aromatic N) is 1. The van der Waals surface area contributed by atoms with Crippen molar-refractivity contribution in [3.63, 3.8) is 0 Å². The second-order valence-corrected chi connectivity index (χ2v) is 2.76. The molecule has 0 aliphatic heterocycles. The Morgan fingerprint density at radius 1 is 1.62 bits per heavy atom. The summed E-state index contributed by atoms with van der Waals surface area (Å²) in [6, 6.07) is 1.61. The number of nitrogens with two attached hydrogens (primary N) is 1. The summed E-state index contributed by atoms with van der Waals surface area (Å²) in [7, 11) is 0. The maximum Gasteiger partial charge on any atom is 0.252 e. The zero-order valence-electron chi connectivity index (χ0n) is 7.58. The fourth-order valence-electron chi connectivity index (χ4n) is 0.922. The molecule has 0 aliphatic carbocycles. The normalized spacial score (nSPS) is 9.62. The third-order valence-corrected chi connectivity index (χ3v) is 1.56. The quantitative estimate of drug-likeness (QED) is 0.721. The van der Waals surface area contributed by atoms with E-state index in [2.05, 4.69) is 10.3 Å². The largest absolute Gasteiger partial charge is 0.397 e. The van der Waals surface area contributed by atoms with E-state index < -0.39 is 0 Å². The first kappa shape index (κ1) is 9.51. The Hall–Kier alpha value is -1.58. The third-order valence-electron chi connectivity index (χ3n) is 1.56. The van der Waals surface area contributed by atoms with Crippen molar-refractivity contribution in [2.45, 2.75) is 13.3 Å². The van der Waals surface area contributed by atoms with Crippen molar-refractivity contribution < 1.29 is 4.79 Å². The van der Waals surface area contributed by atoms with Crippen LogP contribution in [0, 0.1) is 0 Å². The molecular formula is C9H13N3O. The molecule has 4 heteroatoms. The van der Waals surface area contributed by atoms with E-state index in [1.54, 1.807) is 6.07 Å². The Balaban J connectivity index is 2.66. The number of amides is 1. The molecule has 0 saturated heterocycles. The van der Waals surface area contributed by atoms with E-state index in [1.165, 1.54) is 12.4 Å². The van der Waals surface area contributed by atoms with Gasteiger partial charge in [-0.25, -0.2) is 0 Å². The van der Waals surface area contributed by atoms with Gasteiger partial charge >= 0.3 is 0 Å². The molecular weight excluding hydrogens is 166 g/mol.